The topological polar surface area (TPSA) is 71.5 Å². The normalized spacial score (nSPS) is 18.4. The lowest BCUT2D eigenvalue weighted by molar-refractivity contribution is -0.127. The summed E-state index contributed by atoms with van der Waals surface area (Å²) >= 11 is 0. The number of likely N-dealkylation sites (tertiary alicyclic amines) is 1. The molecule has 2 aromatic rings. The first kappa shape index (κ1) is 18.3. The molecular formula is C19H18FNO4S. The molecule has 7 heteroatoms. The molecule has 0 radical (unpaired) electrons. The Hall–Kier alpha value is -2.54. The summed E-state index contributed by atoms with van der Waals surface area (Å²) in [6.07, 6.45) is 1.22. The average Bonchev–Trinajstić information content (AvgIpc) is 2.84. The molecule has 0 bridgehead atoms. The lowest BCUT2D eigenvalue weighted by Gasteiger charge is -2.23. The van der Waals surface area contributed by atoms with Crippen LogP contribution in [0.3, 0.4) is 0 Å². The van der Waals surface area contributed by atoms with Crippen molar-refractivity contribution in [2.24, 2.45) is 0 Å². The number of benzene rings is 2. The van der Waals surface area contributed by atoms with Crippen LogP contribution in [-0.2, 0) is 14.6 Å². The van der Waals surface area contributed by atoms with E-state index in [0.29, 0.717) is 12.8 Å². The van der Waals surface area contributed by atoms with E-state index in [1.54, 1.807) is 18.2 Å². The van der Waals surface area contributed by atoms with Crippen LogP contribution in [0.25, 0.3) is 0 Å². The fourth-order valence-corrected chi connectivity index (χ4v) is 4.75. The molecule has 1 heterocycles. The molecule has 1 aliphatic heterocycles. The predicted octanol–water partition coefficient (Wildman–Crippen LogP) is 2.82. The number of sulfone groups is 1. The van der Waals surface area contributed by atoms with Gasteiger partial charge < -0.3 is 0 Å². The van der Waals surface area contributed by atoms with Gasteiger partial charge in [0.05, 0.1) is 4.90 Å². The minimum atomic E-state index is -3.89. The Balaban J connectivity index is 1.93. The summed E-state index contributed by atoms with van der Waals surface area (Å²) in [5.74, 6) is -1.82. The Bertz CT molecular complexity index is 910. The van der Waals surface area contributed by atoms with Crippen molar-refractivity contribution in [3.05, 3.63) is 66.0 Å². The van der Waals surface area contributed by atoms with Gasteiger partial charge in [0, 0.05) is 12.1 Å². The van der Waals surface area contributed by atoms with Gasteiger partial charge >= 0.3 is 0 Å². The average molecular weight is 375 g/mol. The number of rotatable bonds is 3. The Morgan fingerprint density at radius 1 is 1.00 bits per heavy atom. The third-order valence-corrected chi connectivity index (χ3v) is 6.54. The van der Waals surface area contributed by atoms with Crippen molar-refractivity contribution in [3.63, 3.8) is 0 Å². The molecule has 26 heavy (non-hydrogen) atoms. The van der Waals surface area contributed by atoms with Crippen LogP contribution in [0.5, 0.6) is 0 Å². The minimum Gasteiger partial charge on any atom is -0.277 e. The molecule has 0 unspecified atom stereocenters. The van der Waals surface area contributed by atoms with Gasteiger partial charge in [0.2, 0.25) is 5.91 Å². The molecule has 1 saturated heterocycles. The third kappa shape index (κ3) is 3.53. The molecule has 0 aromatic heterocycles. The second-order valence-corrected chi connectivity index (χ2v) is 8.27. The molecule has 136 valence electrons. The van der Waals surface area contributed by atoms with Crippen molar-refractivity contribution in [3.8, 4) is 0 Å². The van der Waals surface area contributed by atoms with E-state index in [4.69, 9.17) is 0 Å². The molecule has 1 aliphatic rings. The summed E-state index contributed by atoms with van der Waals surface area (Å²) in [7, 11) is -3.89. The van der Waals surface area contributed by atoms with Crippen LogP contribution in [0, 0.1) is 5.82 Å². The van der Waals surface area contributed by atoms with Crippen LogP contribution < -0.4 is 0 Å². The van der Waals surface area contributed by atoms with Gasteiger partial charge in [-0.15, -0.1) is 0 Å². The van der Waals surface area contributed by atoms with Crippen LogP contribution in [0.1, 0.15) is 29.6 Å². The van der Waals surface area contributed by atoms with Crippen LogP contribution in [0.15, 0.2) is 59.5 Å². The van der Waals surface area contributed by atoms with E-state index in [9.17, 15) is 22.4 Å². The summed E-state index contributed by atoms with van der Waals surface area (Å²) in [6.45, 7) is 0.149. The Morgan fingerprint density at radius 3 is 2.31 bits per heavy atom. The molecule has 2 amide bonds. The number of nitrogens with zero attached hydrogens (tertiary/aromatic N) is 1. The lowest BCUT2D eigenvalue weighted by atomic mass is 10.2. The molecule has 5 nitrogen and oxygen atoms in total. The second-order valence-electron chi connectivity index (χ2n) is 6.14. The van der Waals surface area contributed by atoms with Gasteiger partial charge in [-0.3, -0.25) is 14.5 Å². The zero-order valence-corrected chi connectivity index (χ0v) is 14.8. The van der Waals surface area contributed by atoms with Crippen LogP contribution in [-0.4, -0.2) is 36.9 Å². The third-order valence-electron chi connectivity index (χ3n) is 4.42. The summed E-state index contributed by atoms with van der Waals surface area (Å²) in [5, 5.41) is -1.29. The van der Waals surface area contributed by atoms with E-state index in [-0.39, 0.29) is 23.4 Å². The highest BCUT2D eigenvalue weighted by Crippen LogP contribution is 2.25. The first-order chi connectivity index (χ1) is 12.4. The van der Waals surface area contributed by atoms with Gasteiger partial charge in [-0.05, 0) is 55.7 Å². The number of hydrogen-bond donors (Lipinski definition) is 0. The highest BCUT2D eigenvalue weighted by molar-refractivity contribution is 7.92. The van der Waals surface area contributed by atoms with Crippen molar-refractivity contribution < 1.29 is 22.4 Å². The van der Waals surface area contributed by atoms with Crippen LogP contribution in [0.2, 0.25) is 0 Å². The lowest BCUT2D eigenvalue weighted by Crippen LogP contribution is -2.45. The van der Waals surface area contributed by atoms with E-state index < -0.39 is 32.7 Å². The molecule has 2 aromatic carbocycles. The molecule has 0 aliphatic carbocycles. The summed E-state index contributed by atoms with van der Waals surface area (Å²) < 4.78 is 38.9. The van der Waals surface area contributed by atoms with Gasteiger partial charge in [-0.1, -0.05) is 18.2 Å². The van der Waals surface area contributed by atoms with E-state index in [1.807, 2.05) is 0 Å². The van der Waals surface area contributed by atoms with Gasteiger partial charge in [0.25, 0.3) is 5.91 Å². The van der Waals surface area contributed by atoms with Gasteiger partial charge in [0.1, 0.15) is 11.1 Å². The molecular weight excluding hydrogens is 357 g/mol. The van der Waals surface area contributed by atoms with Crippen molar-refractivity contribution in [2.75, 3.05) is 6.54 Å². The zero-order valence-electron chi connectivity index (χ0n) is 14.0. The van der Waals surface area contributed by atoms with E-state index in [0.717, 1.165) is 17.0 Å². The summed E-state index contributed by atoms with van der Waals surface area (Å²) in [4.78, 5) is 26.6. The quantitative estimate of drug-likeness (QED) is 0.774. The largest absolute Gasteiger partial charge is 0.277 e. The minimum absolute atomic E-state index is 0.0643. The van der Waals surface area contributed by atoms with E-state index >= 15 is 0 Å². The maximum absolute atomic E-state index is 13.1. The first-order valence-corrected chi connectivity index (χ1v) is 9.86. The highest BCUT2D eigenvalue weighted by Gasteiger charge is 2.40. The molecule has 1 atom stereocenters. The number of amides is 2. The molecule has 0 saturated carbocycles. The van der Waals surface area contributed by atoms with Crippen LogP contribution in [0.4, 0.5) is 4.39 Å². The Morgan fingerprint density at radius 2 is 1.65 bits per heavy atom. The smallest absolute Gasteiger partial charge is 0.260 e. The fourth-order valence-electron chi connectivity index (χ4n) is 3.02. The standard InChI is InChI=1S/C19H18FNO4S/c20-15-11-9-14(10-12-15)18(22)21-13-5-4-8-17(19(21)23)26(24,25)16-6-2-1-3-7-16/h1-3,6-7,9-12,17H,4-5,8,13H2/t17-/m1/s1. The predicted molar refractivity (Wildman–Crippen MR) is 93.7 cm³/mol. The van der Waals surface area contributed by atoms with E-state index in [1.165, 1.54) is 24.3 Å². The maximum atomic E-state index is 13.1. The van der Waals surface area contributed by atoms with Crippen molar-refractivity contribution in [1.29, 1.82) is 0 Å². The molecule has 1 fully saturated rings. The maximum Gasteiger partial charge on any atom is 0.260 e. The van der Waals surface area contributed by atoms with Gasteiger partial charge in [-0.2, -0.15) is 0 Å². The second kappa shape index (κ2) is 7.37. The number of imide groups is 1. The number of carbonyl (C=O) groups excluding carboxylic acids is 2. The number of carbonyl (C=O) groups is 2. The van der Waals surface area contributed by atoms with Gasteiger partial charge in [-0.25, -0.2) is 12.8 Å². The van der Waals surface area contributed by atoms with E-state index in [2.05, 4.69) is 0 Å². The summed E-state index contributed by atoms with van der Waals surface area (Å²) in [6, 6.07) is 12.6. The van der Waals surface area contributed by atoms with Crippen LogP contribution >= 0.6 is 0 Å². The molecule has 0 spiro atoms. The highest BCUT2D eigenvalue weighted by atomic mass is 32.2. The number of halogens is 1. The zero-order chi connectivity index (χ0) is 18.7. The van der Waals surface area contributed by atoms with Gasteiger partial charge in [0.15, 0.2) is 9.84 Å². The van der Waals surface area contributed by atoms with Crippen molar-refractivity contribution in [2.45, 2.75) is 29.4 Å². The number of hydrogen-bond acceptors (Lipinski definition) is 4. The molecule has 3 rings (SSSR count). The SMILES string of the molecule is O=C(c1ccc(F)cc1)N1CCCC[C@@H](S(=O)(=O)c2ccccc2)C1=O. The fraction of sp³-hybridized carbons (Fsp3) is 0.263. The molecule has 0 N–H and O–H groups in total. The monoisotopic (exact) mass is 375 g/mol. The first-order valence-electron chi connectivity index (χ1n) is 8.31. The summed E-state index contributed by atoms with van der Waals surface area (Å²) in [5.41, 5.74) is 0.150. The Kier molecular flexibility index (Phi) is 5.18. The van der Waals surface area contributed by atoms with Crippen molar-refractivity contribution in [1.82, 2.24) is 4.90 Å². The van der Waals surface area contributed by atoms with Crippen molar-refractivity contribution >= 4 is 21.7 Å². The Labute approximate surface area is 151 Å².